The summed E-state index contributed by atoms with van der Waals surface area (Å²) in [6, 6.07) is 7.00. The number of rotatable bonds is 4. The molecule has 0 aromatic heterocycles. The summed E-state index contributed by atoms with van der Waals surface area (Å²) in [4.78, 5) is 25.4. The van der Waals surface area contributed by atoms with E-state index in [0.717, 1.165) is 4.90 Å². The van der Waals surface area contributed by atoms with Crippen LogP contribution in [0.5, 0.6) is 0 Å². The van der Waals surface area contributed by atoms with Crippen molar-refractivity contribution in [2.45, 2.75) is 31.2 Å². The minimum Gasteiger partial charge on any atom is -0.480 e. The molecule has 0 saturated carbocycles. The number of carbonyl (C=O) groups excluding carboxylic acids is 1. The number of nitrogens with one attached hydrogen (secondary N) is 1. The van der Waals surface area contributed by atoms with Crippen molar-refractivity contribution < 1.29 is 14.7 Å². The third kappa shape index (κ3) is 4.45. The van der Waals surface area contributed by atoms with Gasteiger partial charge in [-0.3, -0.25) is 4.79 Å². The van der Waals surface area contributed by atoms with Crippen molar-refractivity contribution in [3.63, 3.8) is 0 Å². The van der Waals surface area contributed by atoms with E-state index in [1.54, 1.807) is 26.8 Å². The summed E-state index contributed by atoms with van der Waals surface area (Å²) in [5.41, 5.74) is 0.112. The number of para-hydroxylation sites is 1. The van der Waals surface area contributed by atoms with Gasteiger partial charge in [-0.15, -0.1) is 11.8 Å². The summed E-state index contributed by atoms with van der Waals surface area (Å²) < 4.78 is 0. The van der Waals surface area contributed by atoms with Gasteiger partial charge in [0, 0.05) is 10.4 Å². The van der Waals surface area contributed by atoms with Gasteiger partial charge in [-0.05, 0) is 39.2 Å². The Labute approximate surface area is 123 Å². The van der Waals surface area contributed by atoms with Gasteiger partial charge in [-0.2, -0.15) is 0 Å². The lowest BCUT2D eigenvalue weighted by molar-refractivity contribution is -0.138. The average molecular weight is 296 g/mol. The summed E-state index contributed by atoms with van der Waals surface area (Å²) in [7, 11) is 0. The Bertz CT molecular complexity index is 497. The van der Waals surface area contributed by atoms with E-state index in [9.17, 15) is 9.59 Å². The number of benzene rings is 1. The highest BCUT2D eigenvalue weighted by atomic mass is 32.2. The Morgan fingerprint density at radius 2 is 1.90 bits per heavy atom. The smallest absolute Gasteiger partial charge is 0.323 e. The number of hydrogen-bond acceptors (Lipinski definition) is 3. The van der Waals surface area contributed by atoms with Gasteiger partial charge >= 0.3 is 12.0 Å². The zero-order valence-corrected chi connectivity index (χ0v) is 13.0. The number of carbonyl (C=O) groups is 2. The normalized spacial score (nSPS) is 11.0. The molecule has 1 aromatic rings. The molecule has 0 aliphatic rings. The molecule has 0 bridgehead atoms. The minimum atomic E-state index is -1.03. The quantitative estimate of drug-likeness (QED) is 0.838. The first-order valence-corrected chi connectivity index (χ1v) is 7.41. The lowest BCUT2D eigenvalue weighted by Gasteiger charge is -2.34. The standard InChI is InChI=1S/C14H20N2O3S/c1-14(2,3)16(9-12(17)18)13(19)15-10-7-5-6-8-11(10)20-4/h5-8H,9H2,1-4H3,(H,15,19)(H,17,18). The second-order valence-electron chi connectivity index (χ2n) is 5.28. The summed E-state index contributed by atoms with van der Waals surface area (Å²) in [5, 5.41) is 11.7. The first kappa shape index (κ1) is 16.4. The van der Waals surface area contributed by atoms with Crippen LogP contribution >= 0.6 is 11.8 Å². The SMILES string of the molecule is CSc1ccccc1NC(=O)N(CC(=O)O)C(C)(C)C. The van der Waals surface area contributed by atoms with E-state index >= 15 is 0 Å². The van der Waals surface area contributed by atoms with E-state index in [-0.39, 0.29) is 6.54 Å². The lowest BCUT2D eigenvalue weighted by Crippen LogP contribution is -2.50. The van der Waals surface area contributed by atoms with Crippen molar-refractivity contribution in [2.24, 2.45) is 0 Å². The maximum atomic E-state index is 12.3. The maximum absolute atomic E-state index is 12.3. The largest absolute Gasteiger partial charge is 0.480 e. The Hall–Kier alpha value is -1.69. The summed E-state index contributed by atoms with van der Waals surface area (Å²) in [6.45, 7) is 5.07. The van der Waals surface area contributed by atoms with E-state index in [1.807, 2.05) is 24.5 Å². The number of thioether (sulfide) groups is 1. The molecule has 110 valence electrons. The van der Waals surface area contributed by atoms with Crippen LogP contribution in [0.25, 0.3) is 0 Å². The highest BCUT2D eigenvalue weighted by molar-refractivity contribution is 7.98. The fourth-order valence-corrected chi connectivity index (χ4v) is 2.23. The van der Waals surface area contributed by atoms with Crippen LogP contribution in [-0.2, 0) is 4.79 Å². The van der Waals surface area contributed by atoms with E-state index in [2.05, 4.69) is 5.32 Å². The third-order valence-electron chi connectivity index (χ3n) is 2.70. The van der Waals surface area contributed by atoms with Crippen molar-refractivity contribution in [1.29, 1.82) is 0 Å². The van der Waals surface area contributed by atoms with Gasteiger partial charge in [-0.25, -0.2) is 4.79 Å². The highest BCUT2D eigenvalue weighted by Gasteiger charge is 2.28. The molecule has 0 radical (unpaired) electrons. The minimum absolute atomic E-state index is 0.337. The van der Waals surface area contributed by atoms with Gasteiger partial charge < -0.3 is 15.3 Å². The molecule has 2 N–H and O–H groups in total. The fourth-order valence-electron chi connectivity index (χ4n) is 1.68. The van der Waals surface area contributed by atoms with Crippen molar-refractivity contribution in [1.82, 2.24) is 4.90 Å². The Balaban J connectivity index is 2.94. The van der Waals surface area contributed by atoms with Crippen molar-refractivity contribution in [2.75, 3.05) is 18.1 Å². The van der Waals surface area contributed by atoms with E-state index in [4.69, 9.17) is 5.11 Å². The Kier molecular flexibility index (Phi) is 5.44. The van der Waals surface area contributed by atoms with Crippen molar-refractivity contribution in [3.8, 4) is 0 Å². The predicted molar refractivity (Wildman–Crippen MR) is 81.3 cm³/mol. The Morgan fingerprint density at radius 3 is 2.40 bits per heavy atom. The zero-order chi connectivity index (χ0) is 15.3. The second-order valence-corrected chi connectivity index (χ2v) is 6.13. The maximum Gasteiger partial charge on any atom is 0.323 e. The molecular weight excluding hydrogens is 276 g/mol. The van der Waals surface area contributed by atoms with Gasteiger partial charge in [0.1, 0.15) is 6.54 Å². The average Bonchev–Trinajstić information content (AvgIpc) is 2.35. The summed E-state index contributed by atoms with van der Waals surface area (Å²) in [6.07, 6.45) is 1.92. The van der Waals surface area contributed by atoms with E-state index < -0.39 is 17.5 Å². The zero-order valence-electron chi connectivity index (χ0n) is 12.1. The molecule has 0 fully saturated rings. The number of hydrogen-bond donors (Lipinski definition) is 2. The van der Waals surface area contributed by atoms with Crippen molar-refractivity contribution in [3.05, 3.63) is 24.3 Å². The van der Waals surface area contributed by atoms with E-state index in [1.165, 1.54) is 16.7 Å². The molecule has 0 saturated heterocycles. The number of carboxylic acids is 1. The van der Waals surface area contributed by atoms with Crippen LogP contribution in [0, 0.1) is 0 Å². The van der Waals surface area contributed by atoms with Gasteiger partial charge in [0.2, 0.25) is 0 Å². The third-order valence-corrected chi connectivity index (χ3v) is 3.49. The van der Waals surface area contributed by atoms with Gasteiger partial charge in [0.15, 0.2) is 0 Å². The number of amides is 2. The van der Waals surface area contributed by atoms with Crippen LogP contribution in [0.2, 0.25) is 0 Å². The molecule has 0 unspecified atom stereocenters. The molecule has 20 heavy (non-hydrogen) atoms. The number of nitrogens with zero attached hydrogens (tertiary/aromatic N) is 1. The first-order chi connectivity index (χ1) is 9.25. The van der Waals surface area contributed by atoms with Crippen LogP contribution in [-0.4, -0.2) is 40.3 Å². The van der Waals surface area contributed by atoms with Gasteiger partial charge in [-0.1, -0.05) is 12.1 Å². The molecule has 0 aliphatic carbocycles. The molecule has 6 heteroatoms. The lowest BCUT2D eigenvalue weighted by atomic mass is 10.1. The van der Waals surface area contributed by atoms with Crippen LogP contribution in [0.15, 0.2) is 29.2 Å². The van der Waals surface area contributed by atoms with Crippen LogP contribution in [0.1, 0.15) is 20.8 Å². The van der Waals surface area contributed by atoms with Gasteiger partial charge in [0.05, 0.1) is 5.69 Å². The number of carboxylic acid groups (broad SMARTS) is 1. The number of anilines is 1. The fraction of sp³-hybridized carbons (Fsp3) is 0.429. The highest BCUT2D eigenvalue weighted by Crippen LogP contribution is 2.25. The monoisotopic (exact) mass is 296 g/mol. The van der Waals surface area contributed by atoms with Gasteiger partial charge in [0.25, 0.3) is 0 Å². The Morgan fingerprint density at radius 1 is 1.30 bits per heavy atom. The molecule has 0 heterocycles. The molecular formula is C14H20N2O3S. The summed E-state index contributed by atoms with van der Waals surface area (Å²) in [5.74, 6) is -1.03. The second kappa shape index (κ2) is 6.65. The summed E-state index contributed by atoms with van der Waals surface area (Å²) >= 11 is 1.52. The van der Waals surface area contributed by atoms with E-state index in [0.29, 0.717) is 5.69 Å². The van der Waals surface area contributed by atoms with Crippen molar-refractivity contribution >= 4 is 29.4 Å². The number of aliphatic carboxylic acids is 1. The molecule has 0 atom stereocenters. The van der Waals surface area contributed by atoms with Crippen LogP contribution in [0.4, 0.5) is 10.5 Å². The molecule has 5 nitrogen and oxygen atoms in total. The number of urea groups is 1. The molecule has 2 amide bonds. The first-order valence-electron chi connectivity index (χ1n) is 6.19. The molecule has 0 spiro atoms. The molecule has 0 aliphatic heterocycles. The van der Waals surface area contributed by atoms with Crippen LogP contribution < -0.4 is 5.32 Å². The van der Waals surface area contributed by atoms with Crippen LogP contribution in [0.3, 0.4) is 0 Å². The molecule has 1 rings (SSSR count). The molecule has 1 aromatic carbocycles. The predicted octanol–water partition coefficient (Wildman–Crippen LogP) is 3.13. The topological polar surface area (TPSA) is 69.6 Å².